The topological polar surface area (TPSA) is 115 Å². The summed E-state index contributed by atoms with van der Waals surface area (Å²) < 4.78 is 60.8. The average molecular weight is 540 g/mol. The van der Waals surface area contributed by atoms with E-state index in [-0.39, 0.29) is 5.39 Å². The molecule has 0 saturated heterocycles. The molecule has 8 heteroatoms. The van der Waals surface area contributed by atoms with E-state index in [2.05, 4.69) is 13.8 Å². The highest BCUT2D eigenvalue weighted by Gasteiger charge is 2.31. The molecular weight excluding hydrogens is 494 g/mol. The Morgan fingerprint density at radius 3 is 1.47 bits per heavy atom. The van der Waals surface area contributed by atoms with E-state index in [4.69, 9.17) is 5.14 Å². The molecule has 0 saturated carbocycles. The number of rotatable bonds is 18. The Balaban J connectivity index is 2.46. The molecule has 0 bridgehead atoms. The first-order valence-corrected chi connectivity index (χ1v) is 16.7. The van der Waals surface area contributed by atoms with Crippen LogP contribution in [0.15, 0.2) is 34.1 Å². The van der Waals surface area contributed by atoms with Crippen LogP contribution in [0.3, 0.4) is 0 Å². The van der Waals surface area contributed by atoms with Crippen LogP contribution in [-0.4, -0.2) is 21.4 Å². The predicted octanol–water partition coefficient (Wildman–Crippen LogP) is 7.32. The van der Waals surface area contributed by atoms with Crippen molar-refractivity contribution in [1.82, 2.24) is 0 Å². The predicted molar refractivity (Wildman–Crippen MR) is 149 cm³/mol. The zero-order chi connectivity index (χ0) is 26.6. The fourth-order valence-corrected chi connectivity index (χ4v) is 7.54. The average Bonchev–Trinajstić information content (AvgIpc) is 2.81. The van der Waals surface area contributed by atoms with Crippen LogP contribution in [0.5, 0.6) is 0 Å². The fourth-order valence-electron chi connectivity index (χ4n) is 5.13. The summed E-state index contributed by atoms with van der Waals surface area (Å²) in [6, 6.07) is 6.91. The van der Waals surface area contributed by atoms with Gasteiger partial charge in [-0.2, -0.15) is 8.42 Å². The number of nitrogens with two attached hydrogens (primary N) is 1. The maximum atomic E-state index is 12.6. The molecule has 2 rings (SSSR count). The second-order valence-electron chi connectivity index (χ2n) is 9.92. The normalized spacial score (nSPS) is 12.4. The third-order valence-corrected chi connectivity index (χ3v) is 9.03. The zero-order valence-corrected chi connectivity index (χ0v) is 23.7. The van der Waals surface area contributed by atoms with Gasteiger partial charge in [0, 0.05) is 5.39 Å². The minimum Gasteiger partial charge on any atom is -0.282 e. The molecule has 0 aromatic heterocycles. The van der Waals surface area contributed by atoms with Gasteiger partial charge in [-0.15, -0.1) is 0 Å². The van der Waals surface area contributed by atoms with E-state index < -0.39 is 29.9 Å². The van der Waals surface area contributed by atoms with Gasteiger partial charge in [-0.05, 0) is 42.2 Å². The molecule has 0 spiro atoms. The van der Waals surface area contributed by atoms with Crippen LogP contribution >= 0.6 is 0 Å². The number of hydrogen-bond donors (Lipinski definition) is 2. The van der Waals surface area contributed by atoms with Gasteiger partial charge >= 0.3 is 0 Å². The van der Waals surface area contributed by atoms with Crippen molar-refractivity contribution < 1.29 is 21.4 Å². The highest BCUT2D eigenvalue weighted by atomic mass is 32.2. The summed E-state index contributed by atoms with van der Waals surface area (Å²) in [6.45, 7) is 4.36. The molecule has 204 valence electrons. The lowest BCUT2D eigenvalue weighted by atomic mass is 9.91. The van der Waals surface area contributed by atoms with Gasteiger partial charge in [0.15, 0.2) is 0 Å². The Hall–Kier alpha value is -1.48. The number of unbranched alkanes of at least 4 members (excludes halogenated alkanes) is 12. The lowest BCUT2D eigenvalue weighted by molar-refractivity contribution is 0.478. The van der Waals surface area contributed by atoms with Crippen LogP contribution in [0.2, 0.25) is 0 Å². The lowest BCUT2D eigenvalue weighted by Gasteiger charge is -2.20. The van der Waals surface area contributed by atoms with E-state index in [1.165, 1.54) is 44.9 Å². The third kappa shape index (κ3) is 9.12. The number of fused-ring (bicyclic) bond motifs is 1. The molecule has 0 radical (unpaired) electrons. The van der Waals surface area contributed by atoms with Gasteiger partial charge in [-0.25, -0.2) is 13.6 Å². The Morgan fingerprint density at radius 2 is 1.03 bits per heavy atom. The standard InChI is InChI=1S/C28H45NO5S2/c1-3-5-7-9-11-13-15-19-24-23-20-17-18-22-25(23)27(35(29,30)31)28(36(32,33)34)26(24)21-16-14-12-10-8-6-4-2/h17-18,20,22H,3-16,19,21H2,1-2H3,(H2,29,30,31)(H,32,33,34). The van der Waals surface area contributed by atoms with Gasteiger partial charge in [0.05, 0.1) is 0 Å². The molecule has 0 aliphatic heterocycles. The largest absolute Gasteiger partial charge is 0.296 e. The van der Waals surface area contributed by atoms with Crippen LogP contribution in [0, 0.1) is 0 Å². The number of aryl methyl sites for hydroxylation is 1. The number of primary sulfonamides is 1. The van der Waals surface area contributed by atoms with Crippen molar-refractivity contribution in [3.8, 4) is 0 Å². The molecule has 0 atom stereocenters. The maximum Gasteiger partial charge on any atom is 0.296 e. The molecule has 36 heavy (non-hydrogen) atoms. The second-order valence-corrected chi connectivity index (χ2v) is 12.8. The molecule has 0 aliphatic rings. The first-order chi connectivity index (χ1) is 17.1. The van der Waals surface area contributed by atoms with Gasteiger partial charge in [0.25, 0.3) is 10.1 Å². The summed E-state index contributed by atoms with van der Waals surface area (Å²) in [7, 11) is -9.23. The van der Waals surface area contributed by atoms with Gasteiger partial charge < -0.3 is 0 Å². The van der Waals surface area contributed by atoms with Crippen molar-refractivity contribution in [2.75, 3.05) is 0 Å². The van der Waals surface area contributed by atoms with Crippen LogP contribution in [0.25, 0.3) is 10.8 Å². The van der Waals surface area contributed by atoms with Gasteiger partial charge in [-0.1, -0.05) is 115 Å². The van der Waals surface area contributed by atoms with E-state index in [1.54, 1.807) is 12.1 Å². The Kier molecular flexibility index (Phi) is 12.9. The monoisotopic (exact) mass is 539 g/mol. The summed E-state index contributed by atoms with van der Waals surface area (Å²) in [5.74, 6) is 0. The van der Waals surface area contributed by atoms with Crippen LogP contribution < -0.4 is 5.14 Å². The Morgan fingerprint density at radius 1 is 0.611 bits per heavy atom. The molecule has 3 N–H and O–H groups in total. The fraction of sp³-hybridized carbons (Fsp3) is 0.643. The van der Waals surface area contributed by atoms with Crippen molar-refractivity contribution in [3.05, 3.63) is 35.4 Å². The van der Waals surface area contributed by atoms with Gasteiger partial charge in [-0.3, -0.25) is 4.55 Å². The van der Waals surface area contributed by atoms with Crippen molar-refractivity contribution in [3.63, 3.8) is 0 Å². The van der Waals surface area contributed by atoms with Crippen molar-refractivity contribution >= 4 is 30.9 Å². The van der Waals surface area contributed by atoms with Crippen LogP contribution in [0.1, 0.15) is 115 Å². The number of hydrogen-bond acceptors (Lipinski definition) is 4. The summed E-state index contributed by atoms with van der Waals surface area (Å²) >= 11 is 0. The molecule has 2 aromatic carbocycles. The van der Waals surface area contributed by atoms with Crippen molar-refractivity contribution in [1.29, 1.82) is 0 Å². The minimum atomic E-state index is -4.82. The molecule has 0 heterocycles. The molecular formula is C28H45NO5S2. The van der Waals surface area contributed by atoms with E-state index in [0.29, 0.717) is 23.8 Å². The summed E-state index contributed by atoms with van der Waals surface area (Å²) in [5.41, 5.74) is 1.24. The Bertz CT molecular complexity index is 1170. The second kappa shape index (κ2) is 15.1. The van der Waals surface area contributed by atoms with E-state index in [1.807, 2.05) is 12.1 Å². The van der Waals surface area contributed by atoms with E-state index in [9.17, 15) is 21.4 Å². The van der Waals surface area contributed by atoms with E-state index in [0.717, 1.165) is 50.5 Å². The van der Waals surface area contributed by atoms with Crippen LogP contribution in [-0.2, 0) is 33.0 Å². The summed E-state index contributed by atoms with van der Waals surface area (Å²) in [4.78, 5) is -1.01. The van der Waals surface area contributed by atoms with E-state index >= 15 is 0 Å². The minimum absolute atomic E-state index is 0.258. The van der Waals surface area contributed by atoms with Crippen molar-refractivity contribution in [2.24, 2.45) is 5.14 Å². The SMILES string of the molecule is CCCCCCCCCc1c(S(=O)(=O)O)c(S(N)(=O)=O)c2ccccc2c1CCCCCCCCC. The lowest BCUT2D eigenvalue weighted by Crippen LogP contribution is -2.20. The quantitative estimate of drug-likeness (QED) is 0.152. The van der Waals surface area contributed by atoms with Gasteiger partial charge in [0.2, 0.25) is 10.0 Å². The first-order valence-electron chi connectivity index (χ1n) is 13.7. The molecule has 0 aliphatic carbocycles. The molecule has 0 fully saturated rings. The molecule has 0 unspecified atom stereocenters. The highest BCUT2D eigenvalue weighted by molar-refractivity contribution is 7.91. The summed E-state index contributed by atoms with van der Waals surface area (Å²) in [6.07, 6.45) is 16.3. The van der Waals surface area contributed by atoms with Gasteiger partial charge in [0.1, 0.15) is 9.79 Å². The Labute approximate surface area is 218 Å². The number of sulfonamides is 1. The zero-order valence-electron chi connectivity index (χ0n) is 22.1. The molecule has 0 amide bonds. The smallest absolute Gasteiger partial charge is 0.282 e. The maximum absolute atomic E-state index is 12.6. The molecule has 6 nitrogen and oxygen atoms in total. The third-order valence-electron chi connectivity index (χ3n) is 6.94. The number of benzene rings is 2. The highest BCUT2D eigenvalue weighted by Crippen LogP contribution is 2.38. The first kappa shape index (κ1) is 30.7. The van der Waals surface area contributed by atoms with Crippen molar-refractivity contribution in [2.45, 2.75) is 126 Å². The van der Waals surface area contributed by atoms with Crippen LogP contribution in [0.4, 0.5) is 0 Å². The molecule has 2 aromatic rings. The summed E-state index contributed by atoms with van der Waals surface area (Å²) in [5, 5.41) is 6.50.